The number of piperidine rings is 1. The molecule has 0 radical (unpaired) electrons. The Hall–Kier alpha value is -5.02. The average molecular weight is 669 g/mol. The first-order valence-electron chi connectivity index (χ1n) is 14.9. The van der Waals surface area contributed by atoms with Crippen molar-refractivity contribution < 1.29 is 37.8 Å². The minimum absolute atomic E-state index is 0.0189. The summed E-state index contributed by atoms with van der Waals surface area (Å²) in [7, 11) is -4.29. The fraction of sp³-hybridized carbons (Fsp3) is 0.344. The first kappa shape index (κ1) is 36.4. The van der Waals surface area contributed by atoms with Crippen molar-refractivity contribution in [1.29, 1.82) is 5.41 Å². The zero-order valence-corrected chi connectivity index (χ0v) is 26.7. The molecule has 252 valence electrons. The molecule has 0 bridgehead atoms. The summed E-state index contributed by atoms with van der Waals surface area (Å²) in [5, 5.41) is 31.5. The minimum Gasteiger partial charge on any atom is -0.481 e. The molecule has 1 aliphatic rings. The van der Waals surface area contributed by atoms with E-state index in [2.05, 4.69) is 15.4 Å². The molecule has 0 aromatic heterocycles. The van der Waals surface area contributed by atoms with Crippen molar-refractivity contribution >= 4 is 50.5 Å². The molecule has 15 heteroatoms. The number of sulfonamides is 1. The Morgan fingerprint density at radius 3 is 2.26 bits per heavy atom. The van der Waals surface area contributed by atoms with E-state index in [1.165, 1.54) is 12.1 Å². The van der Waals surface area contributed by atoms with Crippen LogP contribution in [-0.2, 0) is 35.6 Å². The Morgan fingerprint density at radius 1 is 0.979 bits per heavy atom. The van der Waals surface area contributed by atoms with E-state index >= 15 is 0 Å². The van der Waals surface area contributed by atoms with E-state index in [4.69, 9.17) is 21.0 Å². The molecule has 3 aromatic rings. The van der Waals surface area contributed by atoms with Crippen LogP contribution in [0, 0.1) is 11.3 Å². The first-order chi connectivity index (χ1) is 22.2. The fourth-order valence-electron chi connectivity index (χ4n) is 5.07. The average Bonchev–Trinajstić information content (AvgIpc) is 3.03. The third-order valence-electron chi connectivity index (χ3n) is 7.38. The molecule has 3 aromatic carbocycles. The number of nitrogens with two attached hydrogens (primary N) is 1. The topological polar surface area (TPSA) is 232 Å². The highest BCUT2D eigenvalue weighted by molar-refractivity contribution is 7.89. The van der Waals surface area contributed by atoms with Crippen LogP contribution < -0.4 is 21.1 Å². The molecular formula is C32H40N6O8S. The molecule has 0 saturated carbocycles. The third-order valence-corrected chi connectivity index (χ3v) is 8.85. The Balaban J connectivity index is 0.00000142. The molecule has 1 heterocycles. The maximum absolute atomic E-state index is 13.4. The molecule has 2 amide bonds. The van der Waals surface area contributed by atoms with Crippen molar-refractivity contribution in [3.05, 3.63) is 78.4 Å². The van der Waals surface area contributed by atoms with Gasteiger partial charge in [-0.1, -0.05) is 60.7 Å². The molecule has 47 heavy (non-hydrogen) atoms. The number of amides is 2. The molecule has 4 rings (SSSR count). The Kier molecular flexibility index (Phi) is 13.2. The summed E-state index contributed by atoms with van der Waals surface area (Å²) in [6.07, 6.45) is 1.02. The largest absolute Gasteiger partial charge is 0.481 e. The maximum atomic E-state index is 13.4. The number of hydrogen-bond donors (Lipinski definition) is 7. The summed E-state index contributed by atoms with van der Waals surface area (Å²) >= 11 is 0. The van der Waals surface area contributed by atoms with E-state index in [1.807, 2.05) is 12.1 Å². The van der Waals surface area contributed by atoms with Crippen LogP contribution in [0.4, 0.5) is 0 Å². The van der Waals surface area contributed by atoms with Gasteiger partial charge in [-0.2, -0.15) is 4.72 Å². The van der Waals surface area contributed by atoms with E-state index < -0.39 is 52.3 Å². The number of carboxylic acids is 2. The molecule has 8 N–H and O–H groups in total. The standard InChI is InChI=1S/C30H36N6O6S.C2H4O2/c31-30(32)36-14-6-9-21(19-36)18-33-27(37)17-25(28(38)34-26(29(39)40)15-20-7-2-1-3-8-20)35-43(41,42)24-13-12-22-10-4-5-11-23(22)16-24;1-2(3)4/h1-5,7-8,10-13,16,21,25-26,35H,6,9,14-15,17-19H2,(H3,31,32)(H,33,37)(H,34,38)(H,39,40);1H3,(H,3,4)/t21-,25-,26+;/m0./s1. The van der Waals surface area contributed by atoms with Crippen molar-refractivity contribution in [3.8, 4) is 0 Å². The minimum atomic E-state index is -4.29. The number of aliphatic carboxylic acids is 2. The Bertz CT molecular complexity index is 1680. The van der Waals surface area contributed by atoms with Gasteiger partial charge in [-0.3, -0.25) is 19.8 Å². The van der Waals surface area contributed by atoms with Gasteiger partial charge >= 0.3 is 5.97 Å². The third kappa shape index (κ3) is 11.7. The SMILES string of the molecule is CC(=O)O.N=C(N)N1CCC[C@@H](CNC(=O)C[C@H](NS(=O)(=O)c2ccc3ccccc3c2)C(=O)N[C@H](Cc2ccccc2)C(=O)O)C1. The Labute approximate surface area is 272 Å². The molecule has 14 nitrogen and oxygen atoms in total. The lowest BCUT2D eigenvalue weighted by Gasteiger charge is -2.33. The summed E-state index contributed by atoms with van der Waals surface area (Å²) in [5.74, 6) is -3.69. The van der Waals surface area contributed by atoms with E-state index in [1.54, 1.807) is 53.4 Å². The van der Waals surface area contributed by atoms with Crippen LogP contribution in [0.3, 0.4) is 0 Å². The Morgan fingerprint density at radius 2 is 1.62 bits per heavy atom. The number of fused-ring (bicyclic) bond motifs is 1. The van der Waals surface area contributed by atoms with E-state index in [9.17, 15) is 27.9 Å². The van der Waals surface area contributed by atoms with Crippen LogP contribution in [0.25, 0.3) is 10.8 Å². The molecule has 0 spiro atoms. The van der Waals surface area contributed by atoms with Crippen molar-refractivity contribution in [2.45, 2.75) is 49.6 Å². The number of rotatable bonds is 12. The smallest absolute Gasteiger partial charge is 0.326 e. The van der Waals surface area contributed by atoms with Crippen molar-refractivity contribution in [2.24, 2.45) is 11.7 Å². The number of guanidine groups is 1. The lowest BCUT2D eigenvalue weighted by Crippen LogP contribution is -2.53. The normalized spacial score (nSPS) is 15.8. The van der Waals surface area contributed by atoms with Crippen LogP contribution in [0.2, 0.25) is 0 Å². The molecule has 0 unspecified atom stereocenters. The molecule has 1 saturated heterocycles. The predicted molar refractivity (Wildman–Crippen MR) is 175 cm³/mol. The first-order valence-corrected chi connectivity index (χ1v) is 16.4. The van der Waals surface area contributed by atoms with Gasteiger partial charge < -0.3 is 31.5 Å². The van der Waals surface area contributed by atoms with Crippen LogP contribution in [0.5, 0.6) is 0 Å². The number of nitrogens with zero attached hydrogens (tertiary/aromatic N) is 1. The summed E-state index contributed by atoms with van der Waals surface area (Å²) < 4.78 is 29.1. The van der Waals surface area contributed by atoms with Gasteiger partial charge in [0.25, 0.3) is 5.97 Å². The molecule has 3 atom stereocenters. The fourth-order valence-corrected chi connectivity index (χ4v) is 6.30. The summed E-state index contributed by atoms with van der Waals surface area (Å²) in [4.78, 5) is 49.0. The van der Waals surface area contributed by atoms with Gasteiger partial charge in [0, 0.05) is 33.0 Å². The highest BCUT2D eigenvalue weighted by Gasteiger charge is 2.32. The number of carbonyl (C=O) groups excluding carboxylic acids is 2. The second-order valence-corrected chi connectivity index (χ2v) is 12.9. The van der Waals surface area contributed by atoms with Gasteiger partial charge in [-0.15, -0.1) is 0 Å². The maximum Gasteiger partial charge on any atom is 0.326 e. The lowest BCUT2D eigenvalue weighted by molar-refractivity contribution is -0.142. The van der Waals surface area contributed by atoms with Crippen molar-refractivity contribution in [1.82, 2.24) is 20.3 Å². The van der Waals surface area contributed by atoms with Crippen molar-refractivity contribution in [2.75, 3.05) is 19.6 Å². The number of carbonyl (C=O) groups is 4. The zero-order chi connectivity index (χ0) is 34.6. The van der Waals surface area contributed by atoms with Crippen LogP contribution in [-0.4, -0.2) is 85.0 Å². The number of likely N-dealkylation sites (tertiary alicyclic amines) is 1. The van der Waals surface area contributed by atoms with Gasteiger partial charge in [0.15, 0.2) is 5.96 Å². The van der Waals surface area contributed by atoms with E-state index in [-0.39, 0.29) is 29.7 Å². The van der Waals surface area contributed by atoms with Crippen LogP contribution in [0.15, 0.2) is 77.7 Å². The summed E-state index contributed by atoms with van der Waals surface area (Å²) in [6, 6.07) is 17.4. The van der Waals surface area contributed by atoms with Gasteiger partial charge in [0.1, 0.15) is 12.1 Å². The van der Waals surface area contributed by atoms with Gasteiger partial charge in [-0.25, -0.2) is 13.2 Å². The number of nitrogens with one attached hydrogen (secondary N) is 4. The highest BCUT2D eigenvalue weighted by atomic mass is 32.2. The lowest BCUT2D eigenvalue weighted by atomic mass is 9.98. The van der Waals surface area contributed by atoms with Gasteiger partial charge in [-0.05, 0) is 47.2 Å². The predicted octanol–water partition coefficient (Wildman–Crippen LogP) is 1.50. The van der Waals surface area contributed by atoms with Crippen molar-refractivity contribution in [3.63, 3.8) is 0 Å². The quantitative estimate of drug-likeness (QED) is 0.109. The van der Waals surface area contributed by atoms with Crippen LogP contribution in [0.1, 0.15) is 31.7 Å². The van der Waals surface area contributed by atoms with Gasteiger partial charge in [0.05, 0.1) is 11.3 Å². The molecule has 0 aliphatic carbocycles. The molecular weight excluding hydrogens is 628 g/mol. The number of hydrogen-bond acceptors (Lipinski definition) is 7. The molecule has 1 aliphatic heterocycles. The number of benzene rings is 3. The van der Waals surface area contributed by atoms with E-state index in [0.29, 0.717) is 24.0 Å². The number of carboxylic acid groups (broad SMARTS) is 2. The van der Waals surface area contributed by atoms with E-state index in [0.717, 1.165) is 25.2 Å². The molecule has 1 fully saturated rings. The second kappa shape index (κ2) is 17.1. The highest BCUT2D eigenvalue weighted by Crippen LogP contribution is 2.20. The van der Waals surface area contributed by atoms with Gasteiger partial charge in [0.2, 0.25) is 21.8 Å². The zero-order valence-electron chi connectivity index (χ0n) is 25.9. The second-order valence-electron chi connectivity index (χ2n) is 11.1. The van der Waals surface area contributed by atoms with Crippen LogP contribution >= 0.6 is 0 Å². The summed E-state index contributed by atoms with van der Waals surface area (Å²) in [5.41, 5.74) is 6.26. The summed E-state index contributed by atoms with van der Waals surface area (Å²) in [6.45, 7) is 2.49. The monoisotopic (exact) mass is 668 g/mol.